The molecule has 0 aliphatic rings. The van der Waals surface area contributed by atoms with E-state index in [1.807, 2.05) is 6.08 Å². The van der Waals surface area contributed by atoms with Crippen LogP contribution in [-0.2, 0) is 0 Å². The lowest BCUT2D eigenvalue weighted by molar-refractivity contribution is 0.467. The molecule has 15 heavy (non-hydrogen) atoms. The van der Waals surface area contributed by atoms with Gasteiger partial charge in [-0.15, -0.1) is 6.58 Å². The van der Waals surface area contributed by atoms with E-state index in [1.165, 1.54) is 6.42 Å². The minimum Gasteiger partial charge on any atom is -0.103 e. The molecule has 0 aromatic heterocycles. The van der Waals surface area contributed by atoms with Gasteiger partial charge < -0.3 is 0 Å². The molecule has 0 nitrogen and oxygen atoms in total. The van der Waals surface area contributed by atoms with Crippen LogP contribution in [0.4, 0.5) is 0 Å². The molecule has 0 heteroatoms. The minimum atomic E-state index is 0.698. The van der Waals surface area contributed by atoms with Gasteiger partial charge in [0.25, 0.3) is 0 Å². The lowest BCUT2D eigenvalue weighted by Crippen LogP contribution is -2.10. The highest BCUT2D eigenvalue weighted by Crippen LogP contribution is 2.27. The number of allylic oxidation sites excluding steroid dienone is 3. The second kappa shape index (κ2) is 6.87. The van der Waals surface area contributed by atoms with Gasteiger partial charge in [0, 0.05) is 0 Å². The number of hydrogen-bond acceptors (Lipinski definition) is 0. The van der Waals surface area contributed by atoms with Gasteiger partial charge in [-0.3, -0.25) is 0 Å². The molecule has 2 atom stereocenters. The Labute approximate surface area is 96.5 Å². The average Bonchev–Trinajstić information content (AvgIpc) is 2.22. The molecule has 0 N–H and O–H groups in total. The second-order valence-corrected chi connectivity index (χ2v) is 5.17. The van der Waals surface area contributed by atoms with Gasteiger partial charge in [-0.1, -0.05) is 44.9 Å². The van der Waals surface area contributed by atoms with Crippen molar-refractivity contribution in [3.8, 4) is 0 Å². The van der Waals surface area contributed by atoms with E-state index in [1.54, 1.807) is 11.1 Å². The van der Waals surface area contributed by atoms with Gasteiger partial charge in [0.2, 0.25) is 0 Å². The first-order valence-corrected chi connectivity index (χ1v) is 6.19. The fraction of sp³-hybridized carbons (Fsp3) is 0.733. The summed E-state index contributed by atoms with van der Waals surface area (Å²) in [5.74, 6) is 2.15. The van der Waals surface area contributed by atoms with Crippen molar-refractivity contribution in [2.24, 2.45) is 17.8 Å². The van der Waals surface area contributed by atoms with Crippen molar-refractivity contribution >= 4 is 0 Å². The third-order valence-electron chi connectivity index (χ3n) is 3.85. The molecule has 2 unspecified atom stereocenters. The predicted octanol–water partition coefficient (Wildman–Crippen LogP) is 5.22. The zero-order chi connectivity index (χ0) is 12.0. The molecule has 0 bridgehead atoms. The molecule has 0 heterocycles. The minimum absolute atomic E-state index is 0.698. The quantitative estimate of drug-likeness (QED) is 0.525. The first-order chi connectivity index (χ1) is 6.91. The summed E-state index contributed by atoms with van der Waals surface area (Å²) in [6, 6.07) is 0. The monoisotopic (exact) mass is 208 g/mol. The van der Waals surface area contributed by atoms with Crippen LogP contribution >= 0.6 is 0 Å². The molecule has 0 rings (SSSR count). The largest absolute Gasteiger partial charge is 0.103 e. The topological polar surface area (TPSA) is 0 Å². The molecule has 0 fully saturated rings. The van der Waals surface area contributed by atoms with Gasteiger partial charge in [0.1, 0.15) is 0 Å². The first-order valence-electron chi connectivity index (χ1n) is 6.19. The van der Waals surface area contributed by atoms with Crippen LogP contribution in [0.3, 0.4) is 0 Å². The zero-order valence-corrected chi connectivity index (χ0v) is 11.4. The molecule has 0 radical (unpaired) electrons. The van der Waals surface area contributed by atoms with E-state index in [4.69, 9.17) is 0 Å². The van der Waals surface area contributed by atoms with Gasteiger partial charge in [-0.2, -0.15) is 0 Å². The molecule has 0 saturated heterocycles. The first kappa shape index (κ1) is 14.5. The second-order valence-electron chi connectivity index (χ2n) is 5.17. The van der Waals surface area contributed by atoms with E-state index < -0.39 is 0 Å². The van der Waals surface area contributed by atoms with Crippen molar-refractivity contribution in [2.75, 3.05) is 0 Å². The maximum absolute atomic E-state index is 3.78. The van der Waals surface area contributed by atoms with Gasteiger partial charge >= 0.3 is 0 Å². The molecule has 0 aliphatic carbocycles. The zero-order valence-electron chi connectivity index (χ0n) is 11.4. The molecule has 0 amide bonds. The molecule has 88 valence electrons. The molecule has 0 saturated carbocycles. The Balaban J connectivity index is 4.54. The van der Waals surface area contributed by atoms with E-state index in [0.29, 0.717) is 11.8 Å². The molecule has 0 aromatic rings. The highest BCUT2D eigenvalue weighted by atomic mass is 14.2. The van der Waals surface area contributed by atoms with Crippen LogP contribution in [0.5, 0.6) is 0 Å². The van der Waals surface area contributed by atoms with Crippen LogP contribution in [0, 0.1) is 17.8 Å². The highest BCUT2D eigenvalue weighted by molar-refractivity contribution is 5.15. The summed E-state index contributed by atoms with van der Waals surface area (Å²) < 4.78 is 0. The fourth-order valence-electron chi connectivity index (χ4n) is 1.83. The predicted molar refractivity (Wildman–Crippen MR) is 71.0 cm³/mol. The Kier molecular flexibility index (Phi) is 6.63. The smallest absolute Gasteiger partial charge is 0.0209 e. The summed E-state index contributed by atoms with van der Waals surface area (Å²) in [4.78, 5) is 0. The Bertz CT molecular complexity index is 220. The van der Waals surface area contributed by atoms with Crippen molar-refractivity contribution in [2.45, 2.75) is 54.4 Å². The summed E-state index contributed by atoms with van der Waals surface area (Å²) in [5, 5.41) is 0. The van der Waals surface area contributed by atoms with Crippen LogP contribution in [0.1, 0.15) is 54.4 Å². The van der Waals surface area contributed by atoms with Crippen molar-refractivity contribution in [1.29, 1.82) is 0 Å². The van der Waals surface area contributed by atoms with Gasteiger partial charge in [0.05, 0.1) is 0 Å². The van der Waals surface area contributed by atoms with Crippen molar-refractivity contribution in [3.05, 3.63) is 23.8 Å². The fourth-order valence-corrected chi connectivity index (χ4v) is 1.83. The third kappa shape index (κ3) is 4.68. The maximum Gasteiger partial charge on any atom is -0.0209 e. The van der Waals surface area contributed by atoms with E-state index in [9.17, 15) is 0 Å². The van der Waals surface area contributed by atoms with Crippen molar-refractivity contribution < 1.29 is 0 Å². The lowest BCUT2D eigenvalue weighted by Gasteiger charge is -2.22. The van der Waals surface area contributed by atoms with Crippen molar-refractivity contribution in [3.63, 3.8) is 0 Å². The normalized spacial score (nSPS) is 17.3. The molecule has 0 spiro atoms. The summed E-state index contributed by atoms with van der Waals surface area (Å²) in [6.07, 6.45) is 4.38. The molecule has 0 aliphatic heterocycles. The summed E-state index contributed by atoms with van der Waals surface area (Å²) >= 11 is 0. The van der Waals surface area contributed by atoms with E-state index in [-0.39, 0.29) is 0 Å². The summed E-state index contributed by atoms with van der Waals surface area (Å²) in [6.45, 7) is 17.6. The van der Waals surface area contributed by atoms with Crippen LogP contribution in [-0.4, -0.2) is 0 Å². The standard InChI is InChI=1S/C15H28/c1-8-9-10-12(4)14(6)15(7)13(5)11(2)3/h8,11-13H,1,9-10H2,2-7H3. The van der Waals surface area contributed by atoms with Crippen LogP contribution in [0.25, 0.3) is 0 Å². The Morgan fingerprint density at radius 3 is 2.00 bits per heavy atom. The van der Waals surface area contributed by atoms with E-state index in [2.05, 4.69) is 48.1 Å². The van der Waals surface area contributed by atoms with Crippen LogP contribution < -0.4 is 0 Å². The highest BCUT2D eigenvalue weighted by Gasteiger charge is 2.14. The van der Waals surface area contributed by atoms with E-state index >= 15 is 0 Å². The van der Waals surface area contributed by atoms with Gasteiger partial charge in [0.15, 0.2) is 0 Å². The summed E-state index contributed by atoms with van der Waals surface area (Å²) in [5.41, 5.74) is 3.17. The van der Waals surface area contributed by atoms with Crippen LogP contribution in [0.2, 0.25) is 0 Å². The third-order valence-corrected chi connectivity index (χ3v) is 3.85. The Hall–Kier alpha value is -0.520. The number of rotatable bonds is 6. The average molecular weight is 208 g/mol. The molecular formula is C15H28. The molecule has 0 aromatic carbocycles. The maximum atomic E-state index is 3.78. The van der Waals surface area contributed by atoms with Crippen molar-refractivity contribution in [1.82, 2.24) is 0 Å². The SMILES string of the molecule is C=CCCC(C)C(C)=C(C)C(C)C(C)C. The molecular weight excluding hydrogens is 180 g/mol. The number of hydrogen-bond donors (Lipinski definition) is 0. The van der Waals surface area contributed by atoms with Gasteiger partial charge in [-0.05, 0) is 44.4 Å². The van der Waals surface area contributed by atoms with E-state index in [0.717, 1.165) is 12.3 Å². The lowest BCUT2D eigenvalue weighted by atomic mass is 9.84. The van der Waals surface area contributed by atoms with Gasteiger partial charge in [-0.25, -0.2) is 0 Å². The summed E-state index contributed by atoms with van der Waals surface area (Å²) in [7, 11) is 0. The Morgan fingerprint density at radius 2 is 1.60 bits per heavy atom. The van der Waals surface area contributed by atoms with Crippen LogP contribution in [0.15, 0.2) is 23.8 Å². The Morgan fingerprint density at radius 1 is 1.07 bits per heavy atom.